The fourth-order valence-electron chi connectivity index (χ4n) is 5.02. The van der Waals surface area contributed by atoms with Crippen LogP contribution in [0.2, 0.25) is 0 Å². The minimum Gasteiger partial charge on any atom is -0.493 e. The zero-order valence-corrected chi connectivity index (χ0v) is 25.6. The number of aromatic nitrogens is 2. The van der Waals surface area contributed by atoms with Gasteiger partial charge >= 0.3 is 0 Å². The van der Waals surface area contributed by atoms with E-state index in [0.29, 0.717) is 39.3 Å². The molecule has 226 valence electrons. The first kappa shape index (κ1) is 31.1. The number of aryl methyl sites for hydroxylation is 1. The maximum atomic E-state index is 14.4. The lowest BCUT2D eigenvalue weighted by molar-refractivity contribution is -0.141. The maximum absolute atomic E-state index is 14.4. The van der Waals surface area contributed by atoms with Crippen molar-refractivity contribution in [1.29, 1.82) is 0 Å². The molecule has 1 atom stereocenters. The molecule has 43 heavy (non-hydrogen) atoms. The first-order chi connectivity index (χ1) is 20.5. The fraction of sp³-hybridized carbons (Fsp3) is 0.333. The molecule has 0 radical (unpaired) electrons. The largest absolute Gasteiger partial charge is 0.493 e. The molecule has 2 amide bonds. The number of benzene rings is 3. The van der Waals surface area contributed by atoms with E-state index in [-0.39, 0.29) is 30.3 Å². The van der Waals surface area contributed by atoms with E-state index < -0.39 is 11.6 Å². The van der Waals surface area contributed by atoms with Crippen molar-refractivity contribution in [3.63, 3.8) is 0 Å². The number of carbonyl (C=O) groups is 2. The van der Waals surface area contributed by atoms with E-state index in [0.717, 1.165) is 5.56 Å². The smallest absolute Gasteiger partial charge is 0.274 e. The highest BCUT2D eigenvalue weighted by Gasteiger charge is 2.35. The Morgan fingerprint density at radius 1 is 0.907 bits per heavy atom. The molecule has 0 bridgehead atoms. The van der Waals surface area contributed by atoms with Crippen molar-refractivity contribution in [3.05, 3.63) is 93.9 Å². The molecule has 1 heterocycles. The Balaban J connectivity index is 1.91. The van der Waals surface area contributed by atoms with Crippen LogP contribution in [0.5, 0.6) is 17.2 Å². The van der Waals surface area contributed by atoms with Crippen LogP contribution in [0.1, 0.15) is 43.6 Å². The Bertz CT molecular complexity index is 1650. The van der Waals surface area contributed by atoms with Crippen LogP contribution in [-0.4, -0.2) is 53.4 Å². The summed E-state index contributed by atoms with van der Waals surface area (Å²) in [5.74, 6) is 0.323. The van der Waals surface area contributed by atoms with Gasteiger partial charge < -0.3 is 24.4 Å². The zero-order valence-electron chi connectivity index (χ0n) is 25.6. The number of amides is 2. The second-order valence-corrected chi connectivity index (χ2v) is 11.2. The van der Waals surface area contributed by atoms with Gasteiger partial charge in [0.15, 0.2) is 11.5 Å². The van der Waals surface area contributed by atoms with Crippen LogP contribution in [0, 0.1) is 0 Å². The highest BCUT2D eigenvalue weighted by molar-refractivity contribution is 5.92. The predicted octanol–water partition coefficient (Wildman–Crippen LogP) is 4.19. The van der Waals surface area contributed by atoms with Gasteiger partial charge in [-0.1, -0.05) is 48.5 Å². The minimum absolute atomic E-state index is 0.127. The van der Waals surface area contributed by atoms with E-state index >= 15 is 0 Å². The lowest BCUT2D eigenvalue weighted by Crippen LogP contribution is -2.49. The topological polar surface area (TPSA) is 112 Å². The van der Waals surface area contributed by atoms with Gasteiger partial charge in [0.05, 0.1) is 38.8 Å². The summed E-state index contributed by atoms with van der Waals surface area (Å²) in [6.45, 7) is 5.76. The molecule has 4 aromatic rings. The standard InChI is InChI=1S/C33H38N4O6/c1-33(2,3)34-31(39)29(22-17-26(41-5)30(43-7)27(18-22)42-6)37(20-21-13-9-8-10-14-21)28(38)19-25-23-15-11-12-16-24(23)32(40)36(4)35-25/h8-18,29H,19-20H2,1-7H3,(H,34,39)/t29-/m0/s1. The minimum atomic E-state index is -1.08. The Labute approximate surface area is 251 Å². The molecule has 0 saturated heterocycles. The number of methoxy groups -OCH3 is 3. The molecule has 0 spiro atoms. The van der Waals surface area contributed by atoms with Crippen molar-refractivity contribution in [1.82, 2.24) is 20.0 Å². The van der Waals surface area contributed by atoms with E-state index in [9.17, 15) is 14.4 Å². The zero-order chi connectivity index (χ0) is 31.3. The molecular weight excluding hydrogens is 548 g/mol. The number of hydrogen-bond donors (Lipinski definition) is 1. The van der Waals surface area contributed by atoms with Gasteiger partial charge in [-0.05, 0) is 50.1 Å². The van der Waals surface area contributed by atoms with Crippen molar-refractivity contribution in [2.75, 3.05) is 21.3 Å². The summed E-state index contributed by atoms with van der Waals surface area (Å²) in [6, 6.07) is 18.8. The normalized spacial score (nSPS) is 12.0. The quantitative estimate of drug-likeness (QED) is 0.297. The molecule has 0 aliphatic carbocycles. The SMILES string of the molecule is COc1cc([C@@H](C(=O)NC(C)(C)C)N(Cc2ccccc2)C(=O)Cc2nn(C)c(=O)c3ccccc23)cc(OC)c1OC. The average Bonchev–Trinajstić information content (AvgIpc) is 2.98. The van der Waals surface area contributed by atoms with Crippen LogP contribution < -0.4 is 25.1 Å². The van der Waals surface area contributed by atoms with E-state index in [1.54, 1.807) is 43.4 Å². The van der Waals surface area contributed by atoms with E-state index in [1.807, 2.05) is 51.1 Å². The maximum Gasteiger partial charge on any atom is 0.274 e. The third-order valence-electron chi connectivity index (χ3n) is 6.93. The lowest BCUT2D eigenvalue weighted by atomic mass is 9.99. The molecule has 0 saturated carbocycles. The van der Waals surface area contributed by atoms with Crippen molar-refractivity contribution in [2.45, 2.75) is 45.3 Å². The number of nitrogens with zero attached hydrogens (tertiary/aromatic N) is 3. The number of fused-ring (bicyclic) bond motifs is 1. The lowest BCUT2D eigenvalue weighted by Gasteiger charge is -2.34. The number of carbonyl (C=O) groups excluding carboxylic acids is 2. The van der Waals surface area contributed by atoms with Gasteiger partial charge in [-0.2, -0.15) is 5.10 Å². The van der Waals surface area contributed by atoms with Crippen LogP contribution in [0.4, 0.5) is 0 Å². The van der Waals surface area contributed by atoms with Gasteiger partial charge in [0, 0.05) is 24.5 Å². The Hall–Kier alpha value is -4.86. The summed E-state index contributed by atoms with van der Waals surface area (Å²) in [6.07, 6.45) is -0.148. The highest BCUT2D eigenvalue weighted by Crippen LogP contribution is 2.41. The molecule has 0 fully saturated rings. The molecule has 0 aliphatic rings. The van der Waals surface area contributed by atoms with Crippen LogP contribution >= 0.6 is 0 Å². The first-order valence-electron chi connectivity index (χ1n) is 13.9. The molecular formula is C33H38N4O6. The molecule has 1 N–H and O–H groups in total. The number of nitrogens with one attached hydrogen (secondary N) is 1. The van der Waals surface area contributed by atoms with Crippen LogP contribution in [0.25, 0.3) is 10.8 Å². The van der Waals surface area contributed by atoms with Gasteiger partial charge in [-0.3, -0.25) is 14.4 Å². The van der Waals surface area contributed by atoms with E-state index in [1.165, 1.54) is 30.9 Å². The molecule has 10 heteroatoms. The van der Waals surface area contributed by atoms with Gasteiger partial charge in [0.1, 0.15) is 6.04 Å². The van der Waals surface area contributed by atoms with Crippen molar-refractivity contribution < 1.29 is 23.8 Å². The number of rotatable bonds is 10. The monoisotopic (exact) mass is 586 g/mol. The van der Waals surface area contributed by atoms with E-state index in [2.05, 4.69) is 10.4 Å². The summed E-state index contributed by atoms with van der Waals surface area (Å²) in [7, 11) is 6.04. The Kier molecular flexibility index (Phi) is 9.38. The summed E-state index contributed by atoms with van der Waals surface area (Å²) in [5.41, 5.74) is 0.884. The van der Waals surface area contributed by atoms with E-state index in [4.69, 9.17) is 14.2 Å². The van der Waals surface area contributed by atoms with Crippen molar-refractivity contribution >= 4 is 22.6 Å². The number of ether oxygens (including phenoxy) is 3. The van der Waals surface area contributed by atoms with Gasteiger partial charge in [-0.25, -0.2) is 4.68 Å². The molecule has 0 aliphatic heterocycles. The first-order valence-corrected chi connectivity index (χ1v) is 13.9. The molecule has 3 aromatic carbocycles. The molecule has 10 nitrogen and oxygen atoms in total. The van der Waals surface area contributed by atoms with Crippen molar-refractivity contribution in [3.8, 4) is 17.2 Å². The van der Waals surface area contributed by atoms with Crippen LogP contribution in [0.15, 0.2) is 71.5 Å². The summed E-state index contributed by atoms with van der Waals surface area (Å²) in [5, 5.41) is 8.54. The van der Waals surface area contributed by atoms with Crippen LogP contribution in [-0.2, 0) is 29.6 Å². The second-order valence-electron chi connectivity index (χ2n) is 11.2. The summed E-state index contributed by atoms with van der Waals surface area (Å²) >= 11 is 0. The molecule has 4 rings (SSSR count). The third kappa shape index (κ3) is 6.97. The average molecular weight is 587 g/mol. The van der Waals surface area contributed by atoms with Gasteiger partial charge in [0.25, 0.3) is 5.56 Å². The van der Waals surface area contributed by atoms with Crippen LogP contribution in [0.3, 0.4) is 0 Å². The molecule has 1 aromatic heterocycles. The summed E-state index contributed by atoms with van der Waals surface area (Å²) < 4.78 is 17.9. The Morgan fingerprint density at radius 3 is 2.05 bits per heavy atom. The fourth-order valence-corrected chi connectivity index (χ4v) is 5.02. The predicted molar refractivity (Wildman–Crippen MR) is 164 cm³/mol. The third-order valence-corrected chi connectivity index (χ3v) is 6.93. The molecule has 0 unspecified atom stereocenters. The second kappa shape index (κ2) is 13.0. The van der Waals surface area contributed by atoms with Gasteiger partial charge in [0.2, 0.25) is 17.6 Å². The number of hydrogen-bond acceptors (Lipinski definition) is 7. The Morgan fingerprint density at radius 2 is 1.49 bits per heavy atom. The van der Waals surface area contributed by atoms with Crippen molar-refractivity contribution in [2.24, 2.45) is 7.05 Å². The van der Waals surface area contributed by atoms with Gasteiger partial charge in [-0.15, -0.1) is 0 Å². The summed E-state index contributed by atoms with van der Waals surface area (Å²) in [4.78, 5) is 42.8. The highest BCUT2D eigenvalue weighted by atomic mass is 16.5.